The van der Waals surface area contributed by atoms with Crippen LogP contribution in [-0.2, 0) is 6.54 Å². The minimum Gasteiger partial charge on any atom is -0.338 e. The first-order valence-electron chi connectivity index (χ1n) is 6.03. The zero-order valence-electron chi connectivity index (χ0n) is 9.89. The second-order valence-electron chi connectivity index (χ2n) is 4.47. The van der Waals surface area contributed by atoms with E-state index in [0.717, 1.165) is 29.9 Å². The minimum absolute atomic E-state index is 0.223. The molecule has 1 aliphatic rings. The fraction of sp³-hybridized carbons (Fsp3) is 0.200. The number of carbonyl (C=O) groups excluding carboxylic acids is 1. The van der Waals surface area contributed by atoms with Gasteiger partial charge in [0.1, 0.15) is 0 Å². The van der Waals surface area contributed by atoms with Gasteiger partial charge in [0.15, 0.2) is 5.78 Å². The molecule has 0 unspecified atom stereocenters. The van der Waals surface area contributed by atoms with Gasteiger partial charge in [0.05, 0.1) is 17.3 Å². The second kappa shape index (κ2) is 4.15. The summed E-state index contributed by atoms with van der Waals surface area (Å²) in [6.07, 6.45) is 1.56. The Labute approximate surface area is 105 Å². The average molecular weight is 236 g/mol. The second-order valence-corrected chi connectivity index (χ2v) is 4.47. The summed E-state index contributed by atoms with van der Waals surface area (Å²) in [6.45, 7) is 0.892. The van der Waals surface area contributed by atoms with Gasteiger partial charge in [0.2, 0.25) is 0 Å². The van der Waals surface area contributed by atoms with Crippen LogP contribution in [0.25, 0.3) is 11.3 Å². The molecular formula is C15H12N2O. The molecule has 0 bridgehead atoms. The minimum atomic E-state index is 0.223. The molecule has 0 aliphatic carbocycles. The van der Waals surface area contributed by atoms with E-state index in [2.05, 4.69) is 10.6 Å². The number of carbonyl (C=O) groups is 1. The lowest BCUT2D eigenvalue weighted by Gasteiger charge is -2.17. The van der Waals surface area contributed by atoms with Crippen molar-refractivity contribution in [3.8, 4) is 17.3 Å². The standard InChI is InChI=1S/C15H12N2O/c16-10-11-3-5-12(6-4-11)13-7-8-14-15(18)2-1-9-17(13)14/h3-8H,1-2,9H2. The highest BCUT2D eigenvalue weighted by atomic mass is 16.1. The van der Waals surface area contributed by atoms with Crippen molar-refractivity contribution in [1.29, 1.82) is 5.26 Å². The maximum atomic E-state index is 11.8. The summed E-state index contributed by atoms with van der Waals surface area (Å²) in [5.41, 5.74) is 3.57. The van der Waals surface area contributed by atoms with Crippen LogP contribution in [0.1, 0.15) is 28.9 Å². The molecule has 0 saturated heterocycles. The molecule has 3 nitrogen and oxygen atoms in total. The Morgan fingerprint density at radius 3 is 2.50 bits per heavy atom. The SMILES string of the molecule is N#Cc1ccc(-c2ccc3n2CCCC3=O)cc1. The summed E-state index contributed by atoms with van der Waals surface area (Å²) >= 11 is 0. The van der Waals surface area contributed by atoms with Crippen LogP contribution in [-0.4, -0.2) is 10.4 Å². The molecule has 2 aromatic rings. The van der Waals surface area contributed by atoms with Crippen LogP contribution in [0.15, 0.2) is 36.4 Å². The van der Waals surface area contributed by atoms with Crippen molar-refractivity contribution < 1.29 is 4.79 Å². The number of ketones is 1. The van der Waals surface area contributed by atoms with Gasteiger partial charge in [-0.05, 0) is 36.2 Å². The van der Waals surface area contributed by atoms with Crippen molar-refractivity contribution in [2.75, 3.05) is 0 Å². The van der Waals surface area contributed by atoms with Gasteiger partial charge >= 0.3 is 0 Å². The fourth-order valence-electron chi connectivity index (χ4n) is 2.45. The molecule has 0 saturated carbocycles. The molecule has 3 heteroatoms. The Hall–Kier alpha value is -2.34. The topological polar surface area (TPSA) is 45.8 Å². The highest BCUT2D eigenvalue weighted by Crippen LogP contribution is 2.27. The number of rotatable bonds is 1. The van der Waals surface area contributed by atoms with Crippen molar-refractivity contribution in [2.24, 2.45) is 0 Å². The first-order chi connectivity index (χ1) is 8.79. The maximum Gasteiger partial charge on any atom is 0.179 e. The Kier molecular flexibility index (Phi) is 2.49. The zero-order valence-corrected chi connectivity index (χ0v) is 9.89. The van der Waals surface area contributed by atoms with Crippen LogP contribution in [0, 0.1) is 11.3 Å². The summed E-state index contributed by atoms with van der Waals surface area (Å²) < 4.78 is 2.08. The maximum absolute atomic E-state index is 11.8. The predicted octanol–water partition coefficient (Wildman–Crippen LogP) is 3.00. The Morgan fingerprint density at radius 1 is 1.06 bits per heavy atom. The third-order valence-corrected chi connectivity index (χ3v) is 3.36. The van der Waals surface area contributed by atoms with E-state index in [0.29, 0.717) is 12.0 Å². The van der Waals surface area contributed by atoms with Crippen molar-refractivity contribution in [3.05, 3.63) is 47.7 Å². The Morgan fingerprint density at radius 2 is 1.78 bits per heavy atom. The first kappa shape index (κ1) is 10.8. The number of benzene rings is 1. The lowest BCUT2D eigenvalue weighted by Crippen LogP contribution is -2.16. The Bertz CT molecular complexity index is 644. The number of hydrogen-bond acceptors (Lipinski definition) is 2. The zero-order chi connectivity index (χ0) is 12.5. The largest absolute Gasteiger partial charge is 0.338 e. The summed E-state index contributed by atoms with van der Waals surface area (Å²) in [4.78, 5) is 11.8. The summed E-state index contributed by atoms with van der Waals surface area (Å²) in [6, 6.07) is 13.5. The highest BCUT2D eigenvalue weighted by molar-refractivity contribution is 5.96. The smallest absolute Gasteiger partial charge is 0.179 e. The molecular weight excluding hydrogens is 224 g/mol. The molecule has 3 rings (SSSR count). The quantitative estimate of drug-likeness (QED) is 0.764. The third-order valence-electron chi connectivity index (χ3n) is 3.36. The molecule has 1 aromatic carbocycles. The predicted molar refractivity (Wildman–Crippen MR) is 68.1 cm³/mol. The van der Waals surface area contributed by atoms with Crippen LogP contribution in [0.2, 0.25) is 0 Å². The Balaban J connectivity index is 2.07. The van der Waals surface area contributed by atoms with Crippen molar-refractivity contribution >= 4 is 5.78 Å². The number of hydrogen-bond donors (Lipinski definition) is 0. The number of nitriles is 1. The highest BCUT2D eigenvalue weighted by Gasteiger charge is 2.19. The van der Waals surface area contributed by atoms with E-state index in [1.54, 1.807) is 12.1 Å². The van der Waals surface area contributed by atoms with Crippen LogP contribution >= 0.6 is 0 Å². The van der Waals surface area contributed by atoms with E-state index in [4.69, 9.17) is 5.26 Å². The number of fused-ring (bicyclic) bond motifs is 1. The normalized spacial score (nSPS) is 14.1. The summed E-state index contributed by atoms with van der Waals surface area (Å²) in [5, 5.41) is 8.79. The van der Waals surface area contributed by atoms with Crippen LogP contribution < -0.4 is 0 Å². The van der Waals surface area contributed by atoms with Crippen molar-refractivity contribution in [2.45, 2.75) is 19.4 Å². The summed E-state index contributed by atoms with van der Waals surface area (Å²) in [5.74, 6) is 0.223. The molecule has 0 N–H and O–H groups in total. The van der Waals surface area contributed by atoms with E-state index in [-0.39, 0.29) is 5.78 Å². The van der Waals surface area contributed by atoms with Gasteiger partial charge in [-0.15, -0.1) is 0 Å². The molecule has 1 aliphatic heterocycles. The van der Waals surface area contributed by atoms with Gasteiger partial charge in [-0.1, -0.05) is 12.1 Å². The van der Waals surface area contributed by atoms with Crippen LogP contribution in [0.5, 0.6) is 0 Å². The van der Waals surface area contributed by atoms with Gasteiger partial charge in [-0.2, -0.15) is 5.26 Å². The monoisotopic (exact) mass is 236 g/mol. The van der Waals surface area contributed by atoms with Gasteiger partial charge in [-0.25, -0.2) is 0 Å². The number of nitrogens with zero attached hydrogens (tertiary/aromatic N) is 2. The lowest BCUT2D eigenvalue weighted by molar-refractivity contribution is 0.0955. The van der Waals surface area contributed by atoms with E-state index < -0.39 is 0 Å². The van der Waals surface area contributed by atoms with Gasteiger partial charge < -0.3 is 4.57 Å². The van der Waals surface area contributed by atoms with Crippen molar-refractivity contribution in [3.63, 3.8) is 0 Å². The van der Waals surface area contributed by atoms with Gasteiger partial charge in [0.25, 0.3) is 0 Å². The van der Waals surface area contributed by atoms with E-state index in [1.807, 2.05) is 24.3 Å². The molecule has 1 aromatic heterocycles. The molecule has 18 heavy (non-hydrogen) atoms. The summed E-state index contributed by atoms with van der Waals surface area (Å²) in [7, 11) is 0. The molecule has 0 radical (unpaired) electrons. The molecule has 0 amide bonds. The number of aromatic nitrogens is 1. The number of Topliss-reactive ketones (excluding diaryl/α,β-unsaturated/α-hetero) is 1. The van der Waals surface area contributed by atoms with E-state index >= 15 is 0 Å². The molecule has 0 fully saturated rings. The lowest BCUT2D eigenvalue weighted by atomic mass is 10.1. The molecule has 0 atom stereocenters. The molecule has 88 valence electrons. The first-order valence-corrected chi connectivity index (χ1v) is 6.03. The van der Waals surface area contributed by atoms with Crippen molar-refractivity contribution in [1.82, 2.24) is 4.57 Å². The third kappa shape index (κ3) is 1.63. The van der Waals surface area contributed by atoms with Gasteiger partial charge in [-0.3, -0.25) is 4.79 Å². The van der Waals surface area contributed by atoms with Crippen LogP contribution in [0.3, 0.4) is 0 Å². The van der Waals surface area contributed by atoms with E-state index in [1.165, 1.54) is 0 Å². The van der Waals surface area contributed by atoms with E-state index in [9.17, 15) is 4.79 Å². The molecule has 0 spiro atoms. The van der Waals surface area contributed by atoms with Gasteiger partial charge in [0, 0.05) is 18.7 Å². The molecule has 2 heterocycles. The average Bonchev–Trinajstić information content (AvgIpc) is 2.84. The van der Waals surface area contributed by atoms with Crippen LogP contribution in [0.4, 0.5) is 0 Å². The fourth-order valence-corrected chi connectivity index (χ4v) is 2.45.